The van der Waals surface area contributed by atoms with Gasteiger partial charge in [-0.25, -0.2) is 0 Å². The largest absolute Gasteiger partial charge is 0.496 e. The van der Waals surface area contributed by atoms with Crippen LogP contribution in [-0.2, 0) is 12.8 Å². The average Bonchev–Trinajstić information content (AvgIpc) is 3.14. The van der Waals surface area contributed by atoms with Crippen molar-refractivity contribution < 1.29 is 14.3 Å². The number of nitrogens with one attached hydrogen (secondary N) is 2. The third-order valence-corrected chi connectivity index (χ3v) is 5.38. The summed E-state index contributed by atoms with van der Waals surface area (Å²) in [5, 5.41) is 6.24. The standard InChI is InChI=1S/C17H17N3O3S2/c1-23-11-7-3-2-5-9(11)15(22)19-17(24)20-16-13(14(18)21)10-6-4-8-12(10)25-16/h2-3,5,7H,4,6,8H2,1H3,(H2,18,21)(H2,19,20,22,24). The summed E-state index contributed by atoms with van der Waals surface area (Å²) in [4.78, 5) is 25.3. The van der Waals surface area contributed by atoms with Gasteiger partial charge in [0.15, 0.2) is 5.11 Å². The van der Waals surface area contributed by atoms with Crippen molar-refractivity contribution in [2.75, 3.05) is 12.4 Å². The zero-order valence-corrected chi connectivity index (χ0v) is 15.2. The molecule has 0 atom stereocenters. The van der Waals surface area contributed by atoms with Gasteiger partial charge >= 0.3 is 0 Å². The van der Waals surface area contributed by atoms with E-state index in [4.69, 9.17) is 22.7 Å². The highest BCUT2D eigenvalue weighted by molar-refractivity contribution is 7.80. The first-order valence-electron chi connectivity index (χ1n) is 7.71. The van der Waals surface area contributed by atoms with Gasteiger partial charge < -0.3 is 15.8 Å². The second-order valence-electron chi connectivity index (χ2n) is 5.53. The summed E-state index contributed by atoms with van der Waals surface area (Å²) in [6, 6.07) is 6.85. The molecule has 2 amide bonds. The van der Waals surface area contributed by atoms with E-state index in [1.165, 1.54) is 18.4 Å². The minimum Gasteiger partial charge on any atom is -0.496 e. The molecule has 0 spiro atoms. The fourth-order valence-electron chi connectivity index (χ4n) is 2.89. The predicted molar refractivity (Wildman–Crippen MR) is 102 cm³/mol. The molecular weight excluding hydrogens is 358 g/mol. The molecule has 1 aromatic heterocycles. The Morgan fingerprint density at radius 2 is 2.04 bits per heavy atom. The highest BCUT2D eigenvalue weighted by atomic mass is 32.1. The molecule has 2 aromatic rings. The number of carbonyl (C=O) groups is 2. The maximum absolute atomic E-state index is 12.4. The Balaban J connectivity index is 1.75. The van der Waals surface area contributed by atoms with Gasteiger partial charge in [0.1, 0.15) is 10.8 Å². The minimum absolute atomic E-state index is 0.110. The van der Waals surface area contributed by atoms with E-state index in [1.54, 1.807) is 24.3 Å². The van der Waals surface area contributed by atoms with Crippen LogP contribution in [0.4, 0.5) is 5.00 Å². The third kappa shape index (κ3) is 3.49. The van der Waals surface area contributed by atoms with Crippen LogP contribution in [0.2, 0.25) is 0 Å². The molecule has 25 heavy (non-hydrogen) atoms. The van der Waals surface area contributed by atoms with Crippen molar-refractivity contribution in [2.45, 2.75) is 19.3 Å². The first-order valence-corrected chi connectivity index (χ1v) is 8.93. The Morgan fingerprint density at radius 3 is 2.76 bits per heavy atom. The molecule has 0 saturated carbocycles. The molecular formula is C17H17N3O3S2. The maximum atomic E-state index is 12.4. The van der Waals surface area contributed by atoms with Gasteiger partial charge in [0.25, 0.3) is 11.8 Å². The zero-order chi connectivity index (χ0) is 18.0. The molecule has 0 radical (unpaired) electrons. The van der Waals surface area contributed by atoms with E-state index < -0.39 is 5.91 Å². The molecule has 130 valence electrons. The molecule has 0 unspecified atom stereocenters. The van der Waals surface area contributed by atoms with Crippen molar-refractivity contribution in [1.82, 2.24) is 5.32 Å². The van der Waals surface area contributed by atoms with Gasteiger partial charge in [0.2, 0.25) is 0 Å². The first-order chi connectivity index (χ1) is 12.0. The second kappa shape index (κ2) is 7.20. The van der Waals surface area contributed by atoms with Gasteiger partial charge in [-0.15, -0.1) is 11.3 Å². The second-order valence-corrected chi connectivity index (χ2v) is 7.05. The van der Waals surface area contributed by atoms with Gasteiger partial charge in [-0.05, 0) is 49.2 Å². The van der Waals surface area contributed by atoms with Crippen molar-refractivity contribution >= 4 is 45.5 Å². The smallest absolute Gasteiger partial charge is 0.261 e. The fraction of sp³-hybridized carbons (Fsp3) is 0.235. The lowest BCUT2D eigenvalue weighted by atomic mass is 10.1. The zero-order valence-electron chi connectivity index (χ0n) is 13.5. The summed E-state index contributed by atoms with van der Waals surface area (Å²) in [7, 11) is 1.50. The van der Waals surface area contributed by atoms with Crippen molar-refractivity contribution in [2.24, 2.45) is 5.73 Å². The molecule has 1 aromatic carbocycles. The van der Waals surface area contributed by atoms with E-state index in [2.05, 4.69) is 10.6 Å². The number of nitrogens with two attached hydrogens (primary N) is 1. The summed E-state index contributed by atoms with van der Waals surface area (Å²) in [5.41, 5.74) is 7.37. The van der Waals surface area contributed by atoms with Crippen LogP contribution in [0.15, 0.2) is 24.3 Å². The lowest BCUT2D eigenvalue weighted by Crippen LogP contribution is -2.34. The summed E-state index contributed by atoms with van der Waals surface area (Å²) < 4.78 is 5.17. The van der Waals surface area contributed by atoms with E-state index in [-0.39, 0.29) is 11.0 Å². The van der Waals surface area contributed by atoms with Gasteiger partial charge in [0, 0.05) is 4.88 Å². The Hall–Kier alpha value is -2.45. The predicted octanol–water partition coefficient (Wildman–Crippen LogP) is 2.47. The van der Waals surface area contributed by atoms with Gasteiger partial charge in [-0.1, -0.05) is 12.1 Å². The minimum atomic E-state index is -0.485. The number of carbonyl (C=O) groups excluding carboxylic acids is 2. The Morgan fingerprint density at radius 1 is 1.28 bits per heavy atom. The molecule has 1 heterocycles. The molecule has 4 N–H and O–H groups in total. The summed E-state index contributed by atoms with van der Waals surface area (Å²) in [6.45, 7) is 0. The highest BCUT2D eigenvalue weighted by Crippen LogP contribution is 2.38. The molecule has 6 nitrogen and oxygen atoms in total. The number of thiophene rings is 1. The number of methoxy groups -OCH3 is 1. The highest BCUT2D eigenvalue weighted by Gasteiger charge is 2.26. The lowest BCUT2D eigenvalue weighted by Gasteiger charge is -2.11. The third-order valence-electron chi connectivity index (χ3n) is 3.97. The number of para-hydroxylation sites is 1. The molecule has 0 aliphatic heterocycles. The number of fused-ring (bicyclic) bond motifs is 1. The lowest BCUT2D eigenvalue weighted by molar-refractivity contribution is 0.0972. The van der Waals surface area contributed by atoms with Crippen molar-refractivity contribution in [3.63, 3.8) is 0 Å². The summed E-state index contributed by atoms with van der Waals surface area (Å²) >= 11 is 6.68. The number of ether oxygens (including phenoxy) is 1. The number of aryl methyl sites for hydroxylation is 1. The Labute approximate surface area is 154 Å². The van der Waals surface area contributed by atoms with E-state index in [0.717, 1.165) is 29.7 Å². The molecule has 3 rings (SSSR count). The van der Waals surface area contributed by atoms with Crippen LogP contribution in [0.25, 0.3) is 0 Å². The van der Waals surface area contributed by atoms with Crippen LogP contribution in [0, 0.1) is 0 Å². The number of rotatable bonds is 4. The Kier molecular flexibility index (Phi) is 5.00. The number of primary amides is 1. The number of anilines is 1. The topological polar surface area (TPSA) is 93.4 Å². The molecule has 0 saturated heterocycles. The quantitative estimate of drug-likeness (QED) is 0.714. The number of amides is 2. The molecule has 8 heteroatoms. The normalized spacial score (nSPS) is 12.4. The van der Waals surface area contributed by atoms with E-state index in [1.807, 2.05) is 0 Å². The number of hydrogen-bond acceptors (Lipinski definition) is 5. The number of hydrogen-bond donors (Lipinski definition) is 3. The Bertz CT molecular complexity index is 861. The summed E-state index contributed by atoms with van der Waals surface area (Å²) in [5.74, 6) is -0.420. The van der Waals surface area contributed by atoms with E-state index in [9.17, 15) is 9.59 Å². The maximum Gasteiger partial charge on any atom is 0.261 e. The first kappa shape index (κ1) is 17.4. The van der Waals surface area contributed by atoms with Gasteiger partial charge in [-0.2, -0.15) is 0 Å². The number of thiocarbonyl (C=S) groups is 1. The monoisotopic (exact) mass is 375 g/mol. The van der Waals surface area contributed by atoms with E-state index in [0.29, 0.717) is 21.9 Å². The van der Waals surface area contributed by atoms with Crippen LogP contribution in [-0.4, -0.2) is 24.0 Å². The molecule has 0 fully saturated rings. The average molecular weight is 375 g/mol. The van der Waals surface area contributed by atoms with Gasteiger partial charge in [0.05, 0.1) is 18.2 Å². The van der Waals surface area contributed by atoms with Crippen LogP contribution in [0.1, 0.15) is 37.6 Å². The number of benzene rings is 1. The van der Waals surface area contributed by atoms with Crippen molar-refractivity contribution in [1.29, 1.82) is 0 Å². The molecule has 1 aliphatic rings. The van der Waals surface area contributed by atoms with Crippen molar-refractivity contribution in [3.05, 3.63) is 45.8 Å². The SMILES string of the molecule is COc1ccccc1C(=O)NC(=S)Nc1sc2c(c1C(N)=O)CCC2. The molecule has 1 aliphatic carbocycles. The van der Waals surface area contributed by atoms with Gasteiger partial charge in [-0.3, -0.25) is 14.9 Å². The van der Waals surface area contributed by atoms with Crippen LogP contribution in [0.5, 0.6) is 5.75 Å². The van der Waals surface area contributed by atoms with Crippen molar-refractivity contribution in [3.8, 4) is 5.75 Å². The molecule has 0 bridgehead atoms. The van der Waals surface area contributed by atoms with E-state index >= 15 is 0 Å². The van der Waals surface area contributed by atoms with Crippen LogP contribution >= 0.6 is 23.6 Å². The summed E-state index contributed by atoms with van der Waals surface area (Å²) in [6.07, 6.45) is 2.80. The fourth-order valence-corrected chi connectivity index (χ4v) is 4.45. The van der Waals surface area contributed by atoms with Crippen LogP contribution < -0.4 is 21.1 Å². The van der Waals surface area contributed by atoms with Crippen LogP contribution in [0.3, 0.4) is 0 Å².